The number of Topliss-reactive ketones (excluding diaryl/α,β-unsaturated/α-hetero) is 2. The Bertz CT molecular complexity index is 573. The first-order valence-electron chi connectivity index (χ1n) is 7.37. The van der Waals surface area contributed by atoms with E-state index in [9.17, 15) is 9.59 Å². The van der Waals surface area contributed by atoms with E-state index >= 15 is 0 Å². The molecule has 0 saturated carbocycles. The fourth-order valence-electron chi connectivity index (χ4n) is 3.17. The molecule has 3 heterocycles. The van der Waals surface area contributed by atoms with E-state index in [1.165, 1.54) is 6.92 Å². The number of aromatic nitrogens is 2. The monoisotopic (exact) mass is 304 g/mol. The van der Waals surface area contributed by atoms with E-state index in [2.05, 4.69) is 19.8 Å². The molecule has 3 rings (SSSR count). The third-order valence-corrected chi connectivity index (χ3v) is 3.96. The highest BCUT2D eigenvalue weighted by Crippen LogP contribution is 2.40. The number of likely N-dealkylation sites (tertiary alicyclic amines) is 1. The quantitative estimate of drug-likeness (QED) is 0.740. The van der Waals surface area contributed by atoms with Gasteiger partial charge in [0.15, 0.2) is 11.5 Å². The minimum absolute atomic E-state index is 0.0335. The second-order valence-corrected chi connectivity index (χ2v) is 6.41. The van der Waals surface area contributed by atoms with Crippen LogP contribution in [0, 0.1) is 5.41 Å². The van der Waals surface area contributed by atoms with Crippen LogP contribution in [-0.2, 0) is 9.59 Å². The summed E-state index contributed by atoms with van der Waals surface area (Å²) in [5, 5.41) is 0. The van der Waals surface area contributed by atoms with Crippen LogP contribution in [-0.4, -0.2) is 65.8 Å². The topological polar surface area (TPSA) is 75.6 Å². The highest BCUT2D eigenvalue weighted by Gasteiger charge is 2.52. The van der Waals surface area contributed by atoms with Gasteiger partial charge in [-0.15, -0.1) is 0 Å². The zero-order valence-electron chi connectivity index (χ0n) is 12.9. The van der Waals surface area contributed by atoms with Crippen LogP contribution in [0.3, 0.4) is 0 Å². The molecule has 0 unspecified atom stereocenters. The van der Waals surface area contributed by atoms with Crippen molar-refractivity contribution in [2.45, 2.75) is 13.8 Å². The van der Waals surface area contributed by atoms with Crippen LogP contribution in [0.2, 0.25) is 0 Å². The molecule has 0 N–H and O–H groups in total. The van der Waals surface area contributed by atoms with Gasteiger partial charge in [0.25, 0.3) is 0 Å². The Hall–Kier alpha value is -2.02. The second-order valence-electron chi connectivity index (χ2n) is 6.41. The van der Waals surface area contributed by atoms with Crippen LogP contribution in [0.1, 0.15) is 13.8 Å². The Labute approximate surface area is 129 Å². The van der Waals surface area contributed by atoms with E-state index < -0.39 is 0 Å². The van der Waals surface area contributed by atoms with Gasteiger partial charge in [0.2, 0.25) is 5.95 Å². The van der Waals surface area contributed by atoms with Crippen molar-refractivity contribution >= 4 is 17.5 Å². The Morgan fingerprint density at radius 3 is 2.32 bits per heavy atom. The number of carbonyl (C=O) groups is 2. The summed E-state index contributed by atoms with van der Waals surface area (Å²) in [5.74, 6) is 1.38. The minimum Gasteiger partial charge on any atom is -0.483 e. The second kappa shape index (κ2) is 5.64. The van der Waals surface area contributed by atoms with Crippen LogP contribution < -0.4 is 9.64 Å². The molecule has 0 bridgehead atoms. The van der Waals surface area contributed by atoms with Gasteiger partial charge in [-0.05, 0) is 13.8 Å². The SMILES string of the molecule is CC(=O)COc1cnc(N2CC3(CN(CC(C)=O)C3)C2)nc1. The van der Waals surface area contributed by atoms with Crippen LogP contribution in [0.5, 0.6) is 5.75 Å². The lowest BCUT2D eigenvalue weighted by Gasteiger charge is -2.60. The number of anilines is 1. The minimum atomic E-state index is -0.0335. The summed E-state index contributed by atoms with van der Waals surface area (Å²) in [7, 11) is 0. The molecular formula is C15H20N4O3. The van der Waals surface area contributed by atoms with Gasteiger partial charge in [-0.2, -0.15) is 0 Å². The fraction of sp³-hybridized carbons (Fsp3) is 0.600. The lowest BCUT2D eigenvalue weighted by Crippen LogP contribution is -2.72. The largest absolute Gasteiger partial charge is 0.483 e. The summed E-state index contributed by atoms with van der Waals surface area (Å²) >= 11 is 0. The molecule has 7 heteroatoms. The van der Waals surface area contributed by atoms with Gasteiger partial charge >= 0.3 is 0 Å². The lowest BCUT2D eigenvalue weighted by atomic mass is 9.73. The van der Waals surface area contributed by atoms with Gasteiger partial charge in [0, 0.05) is 31.6 Å². The number of ether oxygens (including phenoxy) is 1. The van der Waals surface area contributed by atoms with Crippen molar-refractivity contribution in [3.63, 3.8) is 0 Å². The first kappa shape index (κ1) is 14.9. The van der Waals surface area contributed by atoms with Crippen molar-refractivity contribution in [3.05, 3.63) is 12.4 Å². The Kier molecular flexibility index (Phi) is 3.82. The van der Waals surface area contributed by atoms with Crippen molar-refractivity contribution in [2.75, 3.05) is 44.2 Å². The molecule has 1 aromatic heterocycles. The van der Waals surface area contributed by atoms with Crippen molar-refractivity contribution in [1.29, 1.82) is 0 Å². The van der Waals surface area contributed by atoms with Crippen molar-refractivity contribution in [1.82, 2.24) is 14.9 Å². The third kappa shape index (κ3) is 3.09. The standard InChI is InChI=1S/C15H20N4O3/c1-11(20)5-18-7-15(8-18)9-19(10-15)14-16-3-13(4-17-14)22-6-12(2)21/h3-4H,5-10H2,1-2H3. The zero-order valence-corrected chi connectivity index (χ0v) is 12.9. The molecule has 0 aromatic carbocycles. The number of hydrogen-bond donors (Lipinski definition) is 0. The first-order valence-corrected chi connectivity index (χ1v) is 7.37. The predicted octanol–water partition coefficient (Wildman–Crippen LogP) is 0.155. The third-order valence-electron chi connectivity index (χ3n) is 3.96. The molecule has 2 aliphatic rings. The van der Waals surface area contributed by atoms with Crippen LogP contribution in [0.15, 0.2) is 12.4 Å². The van der Waals surface area contributed by atoms with E-state index in [1.807, 2.05) is 0 Å². The summed E-state index contributed by atoms with van der Waals surface area (Å²) in [6, 6.07) is 0. The molecule has 0 atom stereocenters. The summed E-state index contributed by atoms with van der Waals surface area (Å²) in [5.41, 5.74) is 0.308. The maximum atomic E-state index is 11.1. The van der Waals surface area contributed by atoms with Crippen molar-refractivity contribution in [2.24, 2.45) is 5.41 Å². The van der Waals surface area contributed by atoms with Crippen molar-refractivity contribution < 1.29 is 14.3 Å². The van der Waals surface area contributed by atoms with Gasteiger partial charge in [-0.25, -0.2) is 9.97 Å². The maximum absolute atomic E-state index is 11.1. The molecule has 22 heavy (non-hydrogen) atoms. The molecule has 0 amide bonds. The Morgan fingerprint density at radius 1 is 1.14 bits per heavy atom. The first-order chi connectivity index (χ1) is 10.5. The fourth-order valence-corrected chi connectivity index (χ4v) is 3.17. The number of nitrogens with zero attached hydrogens (tertiary/aromatic N) is 4. The summed E-state index contributed by atoms with van der Waals surface area (Å²) in [6.07, 6.45) is 3.19. The highest BCUT2D eigenvalue weighted by atomic mass is 16.5. The number of rotatable bonds is 6. The van der Waals surface area contributed by atoms with Gasteiger partial charge in [-0.1, -0.05) is 0 Å². The van der Waals surface area contributed by atoms with E-state index in [0.29, 0.717) is 23.7 Å². The molecule has 1 aromatic rings. The van der Waals surface area contributed by atoms with Gasteiger partial charge in [0.05, 0.1) is 18.9 Å². The molecule has 2 saturated heterocycles. The van der Waals surface area contributed by atoms with E-state index in [4.69, 9.17) is 4.74 Å². The normalized spacial score (nSPS) is 19.5. The van der Waals surface area contributed by atoms with Crippen LogP contribution >= 0.6 is 0 Å². The Balaban J connectivity index is 1.47. The molecule has 0 radical (unpaired) electrons. The van der Waals surface area contributed by atoms with Crippen molar-refractivity contribution in [3.8, 4) is 5.75 Å². The van der Waals surface area contributed by atoms with Gasteiger partial charge in [-0.3, -0.25) is 14.5 Å². The zero-order chi connectivity index (χ0) is 15.7. The number of hydrogen-bond acceptors (Lipinski definition) is 7. The molecule has 0 aliphatic carbocycles. The average molecular weight is 304 g/mol. The van der Waals surface area contributed by atoms with Gasteiger partial charge in [0.1, 0.15) is 12.4 Å². The summed E-state index contributed by atoms with van der Waals surface area (Å²) in [4.78, 5) is 34.8. The maximum Gasteiger partial charge on any atom is 0.225 e. The average Bonchev–Trinajstić information content (AvgIpc) is 2.38. The molecular weight excluding hydrogens is 284 g/mol. The predicted molar refractivity (Wildman–Crippen MR) is 80.0 cm³/mol. The molecule has 1 spiro atoms. The number of carbonyl (C=O) groups excluding carboxylic acids is 2. The van der Waals surface area contributed by atoms with E-state index in [-0.39, 0.29) is 18.2 Å². The van der Waals surface area contributed by atoms with E-state index in [0.717, 1.165) is 26.2 Å². The smallest absolute Gasteiger partial charge is 0.225 e. The molecule has 2 aliphatic heterocycles. The van der Waals surface area contributed by atoms with Crippen LogP contribution in [0.25, 0.3) is 0 Å². The molecule has 2 fully saturated rings. The summed E-state index contributed by atoms with van der Waals surface area (Å²) < 4.78 is 5.25. The lowest BCUT2D eigenvalue weighted by molar-refractivity contribution is -0.122. The Morgan fingerprint density at radius 2 is 1.77 bits per heavy atom. The van der Waals surface area contributed by atoms with Gasteiger partial charge < -0.3 is 9.64 Å². The molecule has 7 nitrogen and oxygen atoms in total. The number of ketones is 2. The van der Waals surface area contributed by atoms with Crippen LogP contribution in [0.4, 0.5) is 5.95 Å². The summed E-state index contributed by atoms with van der Waals surface area (Å²) in [6.45, 7) is 7.50. The highest BCUT2D eigenvalue weighted by molar-refractivity contribution is 5.77. The van der Waals surface area contributed by atoms with E-state index in [1.54, 1.807) is 19.3 Å². The molecule has 118 valence electrons.